The summed E-state index contributed by atoms with van der Waals surface area (Å²) in [4.78, 5) is 32.4. The fourth-order valence-electron chi connectivity index (χ4n) is 4.22. The van der Waals surface area contributed by atoms with Gasteiger partial charge in [-0.15, -0.1) is 0 Å². The van der Waals surface area contributed by atoms with E-state index >= 15 is 0 Å². The van der Waals surface area contributed by atoms with Crippen molar-refractivity contribution in [1.29, 1.82) is 0 Å². The molecule has 5 heteroatoms. The van der Waals surface area contributed by atoms with E-state index in [9.17, 15) is 9.59 Å². The minimum Gasteiger partial charge on any atom is -0.366 e. The second-order valence-electron chi connectivity index (χ2n) is 8.06. The molecule has 2 amide bonds. The number of hydrogen-bond donors (Lipinski definition) is 0. The Balaban J connectivity index is 1.88. The lowest BCUT2D eigenvalue weighted by molar-refractivity contribution is -0.137. The van der Waals surface area contributed by atoms with Crippen molar-refractivity contribution in [1.82, 2.24) is 14.7 Å². The van der Waals surface area contributed by atoms with Crippen molar-refractivity contribution in [3.8, 4) is 0 Å². The third-order valence-corrected chi connectivity index (χ3v) is 6.03. The average molecular weight is 384 g/mol. The average Bonchev–Trinajstić information content (AvgIpc) is 2.96. The maximum absolute atomic E-state index is 13.3. The van der Waals surface area contributed by atoms with Gasteiger partial charge in [0.05, 0.1) is 5.57 Å². The topological polar surface area (TPSA) is 43.9 Å². The van der Waals surface area contributed by atoms with E-state index in [4.69, 9.17) is 0 Å². The Hall–Kier alpha value is -2.14. The van der Waals surface area contributed by atoms with Crippen molar-refractivity contribution < 1.29 is 9.59 Å². The molecule has 0 atom stereocenters. The maximum Gasteiger partial charge on any atom is 0.277 e. The molecule has 0 radical (unpaired) electrons. The smallest absolute Gasteiger partial charge is 0.277 e. The largest absolute Gasteiger partial charge is 0.366 e. The van der Waals surface area contributed by atoms with Crippen LogP contribution in [0, 0.1) is 0 Å². The summed E-state index contributed by atoms with van der Waals surface area (Å²) in [6, 6.07) is 9.96. The molecule has 0 spiro atoms. The second-order valence-corrected chi connectivity index (χ2v) is 8.06. The highest BCUT2D eigenvalue weighted by Gasteiger charge is 2.41. The van der Waals surface area contributed by atoms with E-state index in [1.54, 1.807) is 0 Å². The van der Waals surface area contributed by atoms with Gasteiger partial charge in [-0.1, -0.05) is 56.5 Å². The highest BCUT2D eigenvalue weighted by atomic mass is 16.2. The van der Waals surface area contributed by atoms with E-state index in [0.29, 0.717) is 23.9 Å². The van der Waals surface area contributed by atoms with Gasteiger partial charge < -0.3 is 9.80 Å². The molecule has 2 heterocycles. The van der Waals surface area contributed by atoms with Gasteiger partial charge in [-0.25, -0.2) is 0 Å². The number of benzene rings is 1. The van der Waals surface area contributed by atoms with Gasteiger partial charge >= 0.3 is 0 Å². The fourth-order valence-corrected chi connectivity index (χ4v) is 4.22. The van der Waals surface area contributed by atoms with Crippen LogP contribution < -0.4 is 0 Å². The summed E-state index contributed by atoms with van der Waals surface area (Å²) in [6.45, 7) is 4.71. The summed E-state index contributed by atoms with van der Waals surface area (Å²) in [5, 5.41) is 0. The lowest BCUT2D eigenvalue weighted by Gasteiger charge is -2.36. The van der Waals surface area contributed by atoms with Crippen LogP contribution in [0.15, 0.2) is 36.0 Å². The Labute approximate surface area is 169 Å². The normalized spacial score (nSPS) is 19.0. The number of likely N-dealkylation sites (N-methyl/N-ethyl adjacent to an activating group) is 1. The van der Waals surface area contributed by atoms with Crippen LogP contribution in [0.25, 0.3) is 5.57 Å². The van der Waals surface area contributed by atoms with E-state index in [1.165, 1.54) is 4.90 Å². The number of unbranched alkanes of at least 4 members (excludes halogenated alkanes) is 3. The van der Waals surface area contributed by atoms with Crippen molar-refractivity contribution in [2.24, 2.45) is 0 Å². The fraction of sp³-hybridized carbons (Fsp3) is 0.565. The van der Waals surface area contributed by atoms with E-state index in [-0.39, 0.29) is 11.8 Å². The molecule has 1 aromatic rings. The number of rotatable bonds is 8. The SMILES string of the molecule is CCCCCCN1C(=O)C(c2ccccc2)=C(N(C)C2CCN(C)CC2)C1=O. The number of imide groups is 1. The molecule has 2 aliphatic heterocycles. The summed E-state index contributed by atoms with van der Waals surface area (Å²) in [5.41, 5.74) is 2.00. The van der Waals surface area contributed by atoms with E-state index in [2.05, 4.69) is 23.8 Å². The molecule has 0 unspecified atom stereocenters. The third kappa shape index (κ3) is 4.30. The second kappa shape index (κ2) is 9.37. The van der Waals surface area contributed by atoms with Crippen molar-refractivity contribution in [3.05, 3.63) is 41.6 Å². The van der Waals surface area contributed by atoms with E-state index < -0.39 is 0 Å². The zero-order valence-electron chi connectivity index (χ0n) is 17.5. The molecule has 0 aromatic heterocycles. The van der Waals surface area contributed by atoms with Crippen LogP contribution in [0.4, 0.5) is 0 Å². The molecule has 5 nitrogen and oxygen atoms in total. The molecule has 3 rings (SSSR count). The molecule has 0 bridgehead atoms. The lowest BCUT2D eigenvalue weighted by atomic mass is 10.0. The first-order valence-electron chi connectivity index (χ1n) is 10.6. The van der Waals surface area contributed by atoms with Crippen LogP contribution in [-0.2, 0) is 9.59 Å². The van der Waals surface area contributed by atoms with Crippen LogP contribution in [0.5, 0.6) is 0 Å². The Kier molecular flexibility index (Phi) is 6.89. The number of carbonyl (C=O) groups excluding carboxylic acids is 2. The van der Waals surface area contributed by atoms with Crippen LogP contribution >= 0.6 is 0 Å². The van der Waals surface area contributed by atoms with Gasteiger partial charge in [-0.2, -0.15) is 0 Å². The van der Waals surface area contributed by atoms with Gasteiger partial charge in [0.25, 0.3) is 11.8 Å². The molecule has 0 saturated carbocycles. The number of likely N-dealkylation sites (tertiary alicyclic amines) is 1. The predicted molar refractivity (Wildman–Crippen MR) is 113 cm³/mol. The van der Waals surface area contributed by atoms with Crippen LogP contribution in [0.3, 0.4) is 0 Å². The van der Waals surface area contributed by atoms with Crippen molar-refractivity contribution >= 4 is 17.4 Å². The highest BCUT2D eigenvalue weighted by molar-refractivity contribution is 6.35. The predicted octanol–water partition coefficient (Wildman–Crippen LogP) is 3.37. The molecule has 2 aliphatic rings. The Morgan fingerprint density at radius 3 is 2.32 bits per heavy atom. The first-order chi connectivity index (χ1) is 13.5. The third-order valence-electron chi connectivity index (χ3n) is 6.03. The summed E-state index contributed by atoms with van der Waals surface area (Å²) in [5.74, 6) is -0.260. The molecular weight excluding hydrogens is 350 g/mol. The zero-order chi connectivity index (χ0) is 20.1. The monoisotopic (exact) mass is 383 g/mol. The molecule has 1 fully saturated rings. The van der Waals surface area contributed by atoms with Crippen LogP contribution in [0.1, 0.15) is 51.0 Å². The zero-order valence-corrected chi connectivity index (χ0v) is 17.5. The minimum absolute atomic E-state index is 0.123. The molecular formula is C23H33N3O2. The van der Waals surface area contributed by atoms with Crippen molar-refractivity contribution in [2.45, 2.75) is 51.5 Å². The summed E-state index contributed by atoms with van der Waals surface area (Å²) >= 11 is 0. The molecule has 0 aliphatic carbocycles. The first kappa shape index (κ1) is 20.6. The summed E-state index contributed by atoms with van der Waals surface area (Å²) < 4.78 is 0. The van der Waals surface area contributed by atoms with Crippen LogP contribution in [0.2, 0.25) is 0 Å². The van der Waals surface area contributed by atoms with Gasteiger partial charge in [0.2, 0.25) is 0 Å². The van der Waals surface area contributed by atoms with Gasteiger partial charge in [0.1, 0.15) is 5.70 Å². The van der Waals surface area contributed by atoms with Crippen LogP contribution in [-0.4, -0.2) is 66.3 Å². The Morgan fingerprint density at radius 2 is 1.68 bits per heavy atom. The number of amides is 2. The van der Waals surface area contributed by atoms with E-state index in [1.807, 2.05) is 37.4 Å². The standard InChI is InChI=1S/C23H33N3O2/c1-4-5-6-10-15-26-22(27)20(18-11-8-7-9-12-18)21(23(26)28)25(3)19-13-16-24(2)17-14-19/h7-9,11-12,19H,4-6,10,13-17H2,1-3H3. The van der Waals surface area contributed by atoms with Gasteiger partial charge in [0.15, 0.2) is 0 Å². The Morgan fingerprint density at radius 1 is 1.00 bits per heavy atom. The van der Waals surface area contributed by atoms with Gasteiger partial charge in [-0.3, -0.25) is 14.5 Å². The van der Waals surface area contributed by atoms with Gasteiger partial charge in [0, 0.05) is 19.6 Å². The van der Waals surface area contributed by atoms with Crippen molar-refractivity contribution in [2.75, 3.05) is 33.7 Å². The van der Waals surface area contributed by atoms with Crippen molar-refractivity contribution in [3.63, 3.8) is 0 Å². The summed E-state index contributed by atoms with van der Waals surface area (Å²) in [6.07, 6.45) is 6.22. The number of hydrogen-bond acceptors (Lipinski definition) is 4. The number of piperidine rings is 1. The molecule has 1 aromatic carbocycles. The molecule has 0 N–H and O–H groups in total. The minimum atomic E-state index is -0.137. The first-order valence-corrected chi connectivity index (χ1v) is 10.6. The number of carbonyl (C=O) groups is 2. The lowest BCUT2D eigenvalue weighted by Crippen LogP contribution is -2.43. The molecule has 28 heavy (non-hydrogen) atoms. The van der Waals surface area contributed by atoms with E-state index in [0.717, 1.165) is 57.2 Å². The molecule has 152 valence electrons. The Bertz CT molecular complexity index is 721. The maximum atomic E-state index is 13.3. The highest BCUT2D eigenvalue weighted by Crippen LogP contribution is 2.33. The quantitative estimate of drug-likeness (QED) is 0.510. The van der Waals surface area contributed by atoms with Gasteiger partial charge in [-0.05, 0) is 45.0 Å². The molecule has 1 saturated heterocycles. The number of nitrogens with zero attached hydrogens (tertiary/aromatic N) is 3. The summed E-state index contributed by atoms with van der Waals surface area (Å²) in [7, 11) is 4.12.